The summed E-state index contributed by atoms with van der Waals surface area (Å²) in [6.07, 6.45) is 8.66. The third-order valence-electron chi connectivity index (χ3n) is 8.30. The molecular formula is C26H29N11O4S2. The van der Waals surface area contributed by atoms with Gasteiger partial charge in [-0.15, -0.1) is 0 Å². The maximum Gasteiger partial charge on any atom is 0.213 e. The van der Waals surface area contributed by atoms with Gasteiger partial charge in [0.05, 0.1) is 60.1 Å². The van der Waals surface area contributed by atoms with Gasteiger partial charge in [0.1, 0.15) is 16.7 Å². The van der Waals surface area contributed by atoms with Gasteiger partial charge < -0.3 is 4.98 Å². The highest BCUT2D eigenvalue weighted by Gasteiger charge is 2.51. The Morgan fingerprint density at radius 2 is 1.35 bits per heavy atom. The minimum absolute atomic E-state index is 0.0144. The lowest BCUT2D eigenvalue weighted by atomic mass is 9.89. The van der Waals surface area contributed by atoms with E-state index in [-0.39, 0.29) is 50.5 Å². The maximum atomic E-state index is 12.4. The summed E-state index contributed by atoms with van der Waals surface area (Å²) in [6.45, 7) is 3.80. The Balaban J connectivity index is 1.33. The number of fused-ring (bicyclic) bond motifs is 1. The molecule has 2 saturated heterocycles. The average molecular weight is 624 g/mol. The molecule has 0 aromatic carbocycles. The van der Waals surface area contributed by atoms with E-state index in [1.54, 1.807) is 54.2 Å². The van der Waals surface area contributed by atoms with Crippen molar-refractivity contribution in [1.29, 1.82) is 10.5 Å². The van der Waals surface area contributed by atoms with Crippen LogP contribution in [0.2, 0.25) is 0 Å². The quantitative estimate of drug-likeness (QED) is 0.268. The summed E-state index contributed by atoms with van der Waals surface area (Å²) in [5.41, 5.74) is 0.842. The number of rotatable bonds is 10. The molecule has 1 N–H and O–H groups in total. The van der Waals surface area contributed by atoms with Gasteiger partial charge in [-0.3, -0.25) is 9.36 Å². The predicted molar refractivity (Wildman–Crippen MR) is 155 cm³/mol. The minimum atomic E-state index is -3.38. The lowest BCUT2D eigenvalue weighted by Crippen LogP contribution is -2.64. The van der Waals surface area contributed by atoms with E-state index in [0.29, 0.717) is 28.3 Å². The molecule has 6 heterocycles. The Labute approximate surface area is 248 Å². The molecule has 0 aliphatic carbocycles. The van der Waals surface area contributed by atoms with Crippen molar-refractivity contribution in [3.63, 3.8) is 0 Å². The van der Waals surface area contributed by atoms with Crippen LogP contribution in [0.5, 0.6) is 0 Å². The third kappa shape index (κ3) is 4.69. The van der Waals surface area contributed by atoms with Gasteiger partial charge in [0.25, 0.3) is 0 Å². The number of sulfonamides is 2. The Kier molecular flexibility index (Phi) is 6.89. The lowest BCUT2D eigenvalue weighted by Gasteiger charge is -2.47. The van der Waals surface area contributed by atoms with Crippen LogP contribution >= 0.6 is 0 Å². The first kappa shape index (κ1) is 28.9. The second-order valence-corrected chi connectivity index (χ2v) is 15.5. The van der Waals surface area contributed by atoms with Gasteiger partial charge in [-0.25, -0.2) is 26.8 Å². The topological polar surface area (TPSA) is 200 Å². The Hall–Kier alpha value is -4.16. The van der Waals surface area contributed by atoms with E-state index in [1.165, 1.54) is 8.61 Å². The summed E-state index contributed by atoms with van der Waals surface area (Å²) in [4.78, 5) is 12.6. The van der Waals surface area contributed by atoms with Crippen molar-refractivity contribution in [1.82, 2.24) is 43.1 Å². The molecule has 0 saturated carbocycles. The van der Waals surface area contributed by atoms with E-state index < -0.39 is 31.1 Å². The summed E-state index contributed by atoms with van der Waals surface area (Å²) >= 11 is 0. The molecule has 6 rings (SSSR count). The van der Waals surface area contributed by atoms with Crippen molar-refractivity contribution in [2.24, 2.45) is 0 Å². The summed E-state index contributed by atoms with van der Waals surface area (Å²) in [6, 6.07) is 6.18. The summed E-state index contributed by atoms with van der Waals surface area (Å²) < 4.78 is 55.4. The van der Waals surface area contributed by atoms with Crippen LogP contribution in [-0.2, 0) is 31.1 Å². The zero-order chi connectivity index (χ0) is 30.6. The van der Waals surface area contributed by atoms with Crippen LogP contribution in [0.25, 0.3) is 33.7 Å². The molecule has 0 bridgehead atoms. The Bertz CT molecular complexity index is 2000. The van der Waals surface area contributed by atoms with Crippen LogP contribution in [0, 0.1) is 22.7 Å². The fourth-order valence-corrected chi connectivity index (χ4v) is 8.12. The molecule has 0 atom stereocenters. The van der Waals surface area contributed by atoms with Gasteiger partial charge in [0.2, 0.25) is 20.0 Å². The second kappa shape index (κ2) is 10.2. The molecule has 224 valence electrons. The Morgan fingerprint density at radius 3 is 1.86 bits per heavy atom. The molecule has 0 radical (unpaired) electrons. The van der Waals surface area contributed by atoms with E-state index in [0.717, 1.165) is 5.39 Å². The number of aromatic nitrogens is 7. The second-order valence-electron chi connectivity index (χ2n) is 10.9. The highest BCUT2D eigenvalue weighted by atomic mass is 32.2. The summed E-state index contributed by atoms with van der Waals surface area (Å²) in [5.74, 6) is 0.334. The van der Waals surface area contributed by atoms with E-state index in [9.17, 15) is 27.4 Å². The Morgan fingerprint density at radius 1 is 0.837 bits per heavy atom. The summed E-state index contributed by atoms with van der Waals surface area (Å²) in [7, 11) is -6.77. The largest absolute Gasteiger partial charge is 0.346 e. The van der Waals surface area contributed by atoms with Crippen molar-refractivity contribution in [2.45, 2.75) is 37.8 Å². The van der Waals surface area contributed by atoms with Crippen molar-refractivity contribution in [3.8, 4) is 34.8 Å². The standard InChI is InChI=1S/C26H29N11O4S2/c1-3-42(38,39)34-15-25(16-34,6-8-27)36-13-19(11-30-36)22-21-5-10-29-24(21)33-23(32-22)20-12-31-37(14-20)26(7-9-28)17-35(18-26)43(40,41)4-2/h5,10-14H,3-4,6-7,15-18H2,1-2H3,(H,29,32,33). The molecule has 4 aromatic heterocycles. The number of nitrogens with zero attached hydrogens (tertiary/aromatic N) is 10. The first-order valence-corrected chi connectivity index (χ1v) is 16.9. The molecule has 0 amide bonds. The van der Waals surface area contributed by atoms with Gasteiger partial charge in [-0.1, -0.05) is 0 Å². The van der Waals surface area contributed by atoms with E-state index in [1.807, 2.05) is 6.07 Å². The third-order valence-corrected chi connectivity index (χ3v) is 11.8. The van der Waals surface area contributed by atoms with E-state index in [4.69, 9.17) is 4.98 Å². The highest BCUT2D eigenvalue weighted by Crippen LogP contribution is 2.38. The molecule has 43 heavy (non-hydrogen) atoms. The number of nitriles is 2. The molecule has 4 aromatic rings. The summed E-state index contributed by atoms with van der Waals surface area (Å²) in [5, 5.41) is 28.8. The van der Waals surface area contributed by atoms with E-state index >= 15 is 0 Å². The number of H-pyrrole nitrogens is 1. The van der Waals surface area contributed by atoms with Crippen LogP contribution in [0.4, 0.5) is 0 Å². The monoisotopic (exact) mass is 623 g/mol. The zero-order valence-corrected chi connectivity index (χ0v) is 25.2. The lowest BCUT2D eigenvalue weighted by molar-refractivity contribution is 0.0719. The van der Waals surface area contributed by atoms with Crippen molar-refractivity contribution in [2.75, 3.05) is 37.7 Å². The fraction of sp³-hybridized carbons (Fsp3) is 0.462. The van der Waals surface area contributed by atoms with Crippen molar-refractivity contribution in [3.05, 3.63) is 37.1 Å². The molecule has 2 aliphatic rings. The number of hydrogen-bond acceptors (Lipinski definition) is 10. The SMILES string of the molecule is CCS(=O)(=O)N1CC(CC#N)(n2cc(-c3nc(-c4cnn(C5(CC#N)CN(S(=O)(=O)CC)C5)c4)c4cc[nH]c4n3)cn2)C1. The van der Waals surface area contributed by atoms with Crippen molar-refractivity contribution >= 4 is 31.1 Å². The van der Waals surface area contributed by atoms with E-state index in [2.05, 4.69) is 32.3 Å². The molecule has 17 heteroatoms. The number of aromatic amines is 1. The normalized spacial score (nSPS) is 18.5. The fourth-order valence-electron chi connectivity index (χ4n) is 5.64. The van der Waals surface area contributed by atoms with Crippen LogP contribution in [0.1, 0.15) is 26.7 Å². The first-order valence-electron chi connectivity index (χ1n) is 13.7. The first-order chi connectivity index (χ1) is 20.5. The smallest absolute Gasteiger partial charge is 0.213 e. The molecule has 15 nitrogen and oxygen atoms in total. The number of hydrogen-bond donors (Lipinski definition) is 1. The van der Waals surface area contributed by atoms with Crippen LogP contribution < -0.4 is 0 Å². The number of nitrogens with one attached hydrogen (secondary N) is 1. The van der Waals surface area contributed by atoms with Gasteiger partial charge >= 0.3 is 0 Å². The predicted octanol–water partition coefficient (Wildman–Crippen LogP) is 1.23. The highest BCUT2D eigenvalue weighted by molar-refractivity contribution is 7.89. The molecule has 0 unspecified atom stereocenters. The van der Waals surface area contributed by atoms with Gasteiger partial charge in [0.15, 0.2) is 5.82 Å². The van der Waals surface area contributed by atoms with Crippen LogP contribution in [0.3, 0.4) is 0 Å². The average Bonchev–Trinajstić information content (AvgIpc) is 3.72. The molecule has 2 fully saturated rings. The minimum Gasteiger partial charge on any atom is -0.346 e. The zero-order valence-electron chi connectivity index (χ0n) is 23.5. The van der Waals surface area contributed by atoms with Crippen LogP contribution in [-0.4, -0.2) is 97.6 Å². The molecule has 2 aliphatic heterocycles. The molecule has 0 spiro atoms. The van der Waals surface area contributed by atoms with Gasteiger partial charge in [0, 0.05) is 55.7 Å². The molecular weight excluding hydrogens is 594 g/mol. The van der Waals surface area contributed by atoms with Crippen LogP contribution in [0.15, 0.2) is 37.1 Å². The van der Waals surface area contributed by atoms with Gasteiger partial charge in [-0.2, -0.15) is 29.3 Å². The van der Waals surface area contributed by atoms with Crippen molar-refractivity contribution < 1.29 is 16.8 Å². The van der Waals surface area contributed by atoms with Gasteiger partial charge in [-0.05, 0) is 19.9 Å². The maximum absolute atomic E-state index is 12.4.